The first-order valence-electron chi connectivity index (χ1n) is 8.79. The lowest BCUT2D eigenvalue weighted by atomic mass is 10.2. The minimum Gasteiger partial charge on any atom is -0.444 e. The molecule has 0 unspecified atom stereocenters. The number of hydrogen-bond acceptors (Lipinski definition) is 5. The lowest BCUT2D eigenvalue weighted by Gasteiger charge is -2.19. The van der Waals surface area contributed by atoms with Gasteiger partial charge in [0, 0.05) is 11.4 Å². The van der Waals surface area contributed by atoms with E-state index in [0.29, 0.717) is 17.1 Å². The van der Waals surface area contributed by atoms with Crippen molar-refractivity contribution in [2.24, 2.45) is 0 Å². The predicted molar refractivity (Wildman–Crippen MR) is 106 cm³/mol. The zero-order valence-corrected chi connectivity index (χ0v) is 16.1. The monoisotopic (exact) mass is 397 g/mol. The van der Waals surface area contributed by atoms with Crippen molar-refractivity contribution in [3.05, 3.63) is 66.2 Å². The molecular formula is C20H20FN5O3. The van der Waals surface area contributed by atoms with Gasteiger partial charge in [0.1, 0.15) is 11.4 Å². The molecular weight excluding hydrogens is 377 g/mol. The summed E-state index contributed by atoms with van der Waals surface area (Å²) in [6.45, 7) is 5.33. The summed E-state index contributed by atoms with van der Waals surface area (Å²) in [5.41, 5.74) is 1.13. The van der Waals surface area contributed by atoms with Crippen molar-refractivity contribution < 1.29 is 18.7 Å². The Morgan fingerprint density at radius 2 is 1.55 bits per heavy atom. The maximum Gasteiger partial charge on any atom is 0.412 e. The third kappa shape index (κ3) is 5.61. The summed E-state index contributed by atoms with van der Waals surface area (Å²) >= 11 is 0. The van der Waals surface area contributed by atoms with E-state index in [4.69, 9.17) is 4.74 Å². The molecule has 0 radical (unpaired) electrons. The van der Waals surface area contributed by atoms with E-state index in [1.54, 1.807) is 45.0 Å². The molecule has 0 aliphatic carbocycles. The molecule has 0 spiro atoms. The Labute approximate surface area is 166 Å². The first-order valence-corrected chi connectivity index (χ1v) is 8.79. The molecule has 2 amide bonds. The van der Waals surface area contributed by atoms with Crippen LogP contribution in [-0.2, 0) is 4.74 Å². The van der Waals surface area contributed by atoms with Crippen LogP contribution in [-0.4, -0.2) is 32.6 Å². The van der Waals surface area contributed by atoms with Gasteiger partial charge >= 0.3 is 6.09 Å². The molecule has 0 atom stereocenters. The Kier molecular flexibility index (Phi) is 5.58. The number of amides is 2. The highest BCUT2D eigenvalue weighted by molar-refractivity contribution is 6.02. The van der Waals surface area contributed by atoms with Crippen LogP contribution in [0.3, 0.4) is 0 Å². The summed E-state index contributed by atoms with van der Waals surface area (Å²) in [5, 5.41) is 13.0. The van der Waals surface area contributed by atoms with Crippen molar-refractivity contribution in [1.29, 1.82) is 0 Å². The lowest BCUT2D eigenvalue weighted by Crippen LogP contribution is -2.27. The van der Waals surface area contributed by atoms with Crippen LogP contribution in [0.4, 0.5) is 20.6 Å². The smallest absolute Gasteiger partial charge is 0.412 e. The third-order valence-corrected chi connectivity index (χ3v) is 3.61. The lowest BCUT2D eigenvalue weighted by molar-refractivity contribution is 0.0635. The van der Waals surface area contributed by atoms with E-state index in [2.05, 4.69) is 20.9 Å². The molecule has 0 fully saturated rings. The average Bonchev–Trinajstić information content (AvgIpc) is 3.12. The Morgan fingerprint density at radius 1 is 0.966 bits per heavy atom. The predicted octanol–water partition coefficient (Wildman–Crippen LogP) is 4.01. The zero-order chi connectivity index (χ0) is 21.0. The fraction of sp³-hybridized carbons (Fsp3) is 0.200. The number of hydrogen-bond donors (Lipinski definition) is 2. The number of carbonyl (C=O) groups is 2. The maximum atomic E-state index is 13.0. The van der Waals surface area contributed by atoms with Crippen molar-refractivity contribution in [2.45, 2.75) is 26.4 Å². The van der Waals surface area contributed by atoms with Crippen LogP contribution in [0.15, 0.2) is 54.7 Å². The van der Waals surface area contributed by atoms with Gasteiger partial charge in [-0.2, -0.15) is 0 Å². The molecule has 150 valence electrons. The summed E-state index contributed by atoms with van der Waals surface area (Å²) in [5.74, 6) is -0.817. The van der Waals surface area contributed by atoms with Crippen molar-refractivity contribution >= 4 is 23.4 Å². The van der Waals surface area contributed by atoms with Gasteiger partial charge in [-0.1, -0.05) is 5.21 Å². The molecule has 0 saturated carbocycles. The van der Waals surface area contributed by atoms with E-state index in [9.17, 15) is 14.0 Å². The molecule has 0 aliphatic rings. The summed E-state index contributed by atoms with van der Waals surface area (Å²) in [6.07, 6.45) is 0.882. The van der Waals surface area contributed by atoms with Gasteiger partial charge < -0.3 is 10.1 Å². The van der Waals surface area contributed by atoms with Gasteiger partial charge in [0.2, 0.25) is 0 Å². The highest BCUT2D eigenvalue weighted by Gasteiger charge is 2.16. The Hall–Kier alpha value is -3.75. The van der Waals surface area contributed by atoms with Crippen LogP contribution in [0.2, 0.25) is 0 Å². The minimum absolute atomic E-state index is 0.102. The molecule has 9 heteroatoms. The van der Waals surface area contributed by atoms with Gasteiger partial charge in [-0.25, -0.2) is 13.9 Å². The summed E-state index contributed by atoms with van der Waals surface area (Å²) in [6, 6.07) is 12.2. The van der Waals surface area contributed by atoms with Crippen LogP contribution < -0.4 is 10.6 Å². The molecule has 1 heterocycles. The van der Waals surface area contributed by atoms with E-state index in [0.717, 1.165) is 0 Å². The molecule has 8 nitrogen and oxygen atoms in total. The Morgan fingerprint density at radius 3 is 2.14 bits per heavy atom. The highest BCUT2D eigenvalue weighted by atomic mass is 19.1. The fourth-order valence-electron chi connectivity index (χ4n) is 2.34. The summed E-state index contributed by atoms with van der Waals surface area (Å²) < 4.78 is 19.6. The van der Waals surface area contributed by atoms with Gasteiger partial charge in [-0.15, -0.1) is 5.10 Å². The van der Waals surface area contributed by atoms with E-state index < -0.39 is 17.6 Å². The first kappa shape index (κ1) is 20.0. The van der Waals surface area contributed by atoms with Crippen LogP contribution in [0.25, 0.3) is 5.69 Å². The van der Waals surface area contributed by atoms with E-state index in [1.165, 1.54) is 35.1 Å². The van der Waals surface area contributed by atoms with Crippen molar-refractivity contribution in [1.82, 2.24) is 15.0 Å². The average molecular weight is 397 g/mol. The van der Waals surface area contributed by atoms with Crippen LogP contribution in [0.1, 0.15) is 31.3 Å². The first-order chi connectivity index (χ1) is 13.7. The fourth-order valence-corrected chi connectivity index (χ4v) is 2.34. The second kappa shape index (κ2) is 8.09. The van der Waals surface area contributed by atoms with Crippen LogP contribution in [0.5, 0.6) is 0 Å². The SMILES string of the molecule is CC(C)(C)OC(=O)Nc1ccc(NC(=O)c2cn(-c3ccc(F)cc3)nn2)cc1. The van der Waals surface area contributed by atoms with Crippen molar-refractivity contribution in [2.75, 3.05) is 10.6 Å². The Balaban J connectivity index is 1.61. The molecule has 0 bridgehead atoms. The van der Waals surface area contributed by atoms with Gasteiger partial charge in [-0.3, -0.25) is 10.1 Å². The maximum absolute atomic E-state index is 13.0. The molecule has 1 aromatic heterocycles. The number of nitrogens with one attached hydrogen (secondary N) is 2. The quantitative estimate of drug-likeness (QED) is 0.693. The van der Waals surface area contributed by atoms with Crippen LogP contribution in [0, 0.1) is 5.82 Å². The summed E-state index contributed by atoms with van der Waals surface area (Å²) in [4.78, 5) is 24.1. The molecule has 0 aliphatic heterocycles. The molecule has 3 aromatic rings. The number of rotatable bonds is 4. The number of benzene rings is 2. The van der Waals surface area contributed by atoms with Gasteiger partial charge in [0.25, 0.3) is 5.91 Å². The van der Waals surface area contributed by atoms with E-state index in [-0.39, 0.29) is 11.5 Å². The standard InChI is InChI=1S/C20H20FN5O3/c1-20(2,3)29-19(28)23-15-8-6-14(7-9-15)22-18(27)17-12-26(25-24-17)16-10-4-13(21)5-11-16/h4-12H,1-3H3,(H,22,27)(H,23,28). The summed E-state index contributed by atoms with van der Waals surface area (Å²) in [7, 11) is 0. The van der Waals surface area contributed by atoms with E-state index >= 15 is 0 Å². The zero-order valence-electron chi connectivity index (χ0n) is 16.1. The van der Waals surface area contributed by atoms with Gasteiger partial charge in [0.15, 0.2) is 5.69 Å². The number of halogens is 1. The topological polar surface area (TPSA) is 98.1 Å². The second-order valence-corrected chi connectivity index (χ2v) is 7.18. The number of ether oxygens (including phenoxy) is 1. The molecule has 2 N–H and O–H groups in total. The normalized spacial score (nSPS) is 11.0. The number of carbonyl (C=O) groups excluding carboxylic acids is 2. The number of anilines is 2. The Bertz CT molecular complexity index is 1010. The molecule has 2 aromatic carbocycles. The molecule has 29 heavy (non-hydrogen) atoms. The number of nitrogens with zero attached hydrogens (tertiary/aromatic N) is 3. The second-order valence-electron chi connectivity index (χ2n) is 7.18. The van der Waals surface area contributed by atoms with Crippen molar-refractivity contribution in [3.63, 3.8) is 0 Å². The van der Waals surface area contributed by atoms with Gasteiger partial charge in [0.05, 0.1) is 11.9 Å². The highest BCUT2D eigenvalue weighted by Crippen LogP contribution is 2.16. The van der Waals surface area contributed by atoms with Gasteiger partial charge in [-0.05, 0) is 69.3 Å². The number of aromatic nitrogens is 3. The van der Waals surface area contributed by atoms with E-state index in [1.807, 2.05) is 0 Å². The molecule has 3 rings (SSSR count). The largest absolute Gasteiger partial charge is 0.444 e. The van der Waals surface area contributed by atoms with Crippen molar-refractivity contribution in [3.8, 4) is 5.69 Å². The minimum atomic E-state index is -0.594. The third-order valence-electron chi connectivity index (χ3n) is 3.61. The van der Waals surface area contributed by atoms with Crippen LogP contribution >= 0.6 is 0 Å². The molecule has 0 saturated heterocycles.